The number of rotatable bonds is 10. The van der Waals surface area contributed by atoms with Gasteiger partial charge in [-0.25, -0.2) is 14.4 Å². The van der Waals surface area contributed by atoms with Gasteiger partial charge in [0.1, 0.15) is 46.7 Å². The number of halogens is 4. The van der Waals surface area contributed by atoms with Crippen LogP contribution in [-0.2, 0) is 102 Å². The smallest absolute Gasteiger partial charge is 0.444 e. The Labute approximate surface area is 842 Å². The molecular formula is C102H141BClF3N12O23S. The standard InChI is InChI=1S/C24H31N3O5.C24H29N3O5.C19H23BN2O5.C19H23N3O3.C12H18F3NO5S.4CH4.ClH/c2*1-14-12-26(23(31)32-24(2,3)4)10-9-17(14)15-5-6-18-16(11-15)13-27(22(18)30)19-7-8-20(28)25-21(19)29;1-18(2)19(3,4)27-20(26-18)12-5-6-13-11(9-12)10-22(17(13)25)14-7-8-15(23)21-16(14)24;1-11-9-20-7-6-14(11)12-2-3-15-13(8-12)10-22(19(15)25)16-4-5-17(23)21-18(16)24;1-8-7-16(10(17)20-11(2,3)4)6-5-9(8)21-22(18,19)12(13,14)15;;;;;/h5-6,11,14,17,19H,7-10,12-13H2,1-4H3,(H,25,28,29);5-6,9,11,14,19H,7-8,10,12-13H2,1-4H3,(H,25,28,29);5-6,9,14H,7-8,10H2,1-4H3,(H,21,23,24);2-3,8,11,14,16,20H,4-7,9-10H2,1H3,(H,21,23,24);5,8H,6-7H2,1-4H3;4*1H4;1H. The molecule has 0 saturated carbocycles. The van der Waals surface area contributed by atoms with Crippen LogP contribution in [0.2, 0.25) is 0 Å². The molecule has 5 N–H and O–H groups in total. The van der Waals surface area contributed by atoms with E-state index in [1.165, 1.54) is 17.4 Å². The van der Waals surface area contributed by atoms with Crippen LogP contribution in [0.1, 0.15) is 304 Å². The fraction of sp³-hybridized carbons (Fsp3) is 0.578. The maximum Gasteiger partial charge on any atom is 0.534 e. The van der Waals surface area contributed by atoms with E-state index in [-0.39, 0.29) is 170 Å². The lowest BCUT2D eigenvalue weighted by Gasteiger charge is -2.38. The summed E-state index contributed by atoms with van der Waals surface area (Å²) < 4.78 is 91.2. The van der Waals surface area contributed by atoms with Crippen LogP contribution in [0.4, 0.5) is 27.6 Å². The number of carbonyl (C=O) groups is 15. The maximum atomic E-state index is 12.9. The van der Waals surface area contributed by atoms with Gasteiger partial charge in [-0.05, 0) is 258 Å². The molecule has 0 bridgehead atoms. The predicted octanol–water partition coefficient (Wildman–Crippen LogP) is 13.0. The van der Waals surface area contributed by atoms with Gasteiger partial charge in [-0.15, -0.1) is 12.4 Å². The number of amides is 15. The first-order valence-corrected chi connectivity index (χ1v) is 48.3. The zero-order valence-corrected chi connectivity index (χ0v) is 83.1. The molecule has 0 aliphatic carbocycles. The summed E-state index contributed by atoms with van der Waals surface area (Å²) in [5.41, 5.74) is 3.42. The number of benzene rings is 4. The molecule has 7 fully saturated rings. The number of likely N-dealkylation sites (tertiary alicyclic amines) is 1. The van der Waals surface area contributed by atoms with Crippen LogP contribution >= 0.6 is 12.4 Å². The third-order valence-electron chi connectivity index (χ3n) is 27.1. The Bertz CT molecular complexity index is 5740. The third-order valence-corrected chi connectivity index (χ3v) is 28.0. The molecule has 35 nitrogen and oxygen atoms in total. The van der Waals surface area contributed by atoms with Crippen molar-refractivity contribution in [1.82, 2.24) is 60.9 Å². The van der Waals surface area contributed by atoms with Gasteiger partial charge in [-0.2, -0.15) is 21.6 Å². The Morgan fingerprint density at radius 3 is 1.15 bits per heavy atom. The Morgan fingerprint density at radius 1 is 0.441 bits per heavy atom. The number of hydrogen-bond acceptors (Lipinski definition) is 24. The van der Waals surface area contributed by atoms with Crippen molar-refractivity contribution < 1.29 is 121 Å². The minimum absolute atomic E-state index is 0. The van der Waals surface area contributed by atoms with E-state index in [1.807, 2.05) is 124 Å². The second-order valence-electron chi connectivity index (χ2n) is 41.5. The van der Waals surface area contributed by atoms with Crippen molar-refractivity contribution in [3.05, 3.63) is 152 Å². The van der Waals surface area contributed by atoms with Crippen LogP contribution in [0.25, 0.3) is 5.57 Å². The summed E-state index contributed by atoms with van der Waals surface area (Å²) in [6.07, 6.45) is 6.34. The molecule has 17 rings (SSSR count). The van der Waals surface area contributed by atoms with Gasteiger partial charge in [0, 0.05) is 119 Å². The Balaban J connectivity index is 0.000000218. The number of alkyl halides is 3. The first kappa shape index (κ1) is 117. The minimum Gasteiger partial charge on any atom is -0.444 e. The maximum absolute atomic E-state index is 12.9. The molecule has 41 heteroatoms. The normalized spacial score (nSPS) is 24.4. The van der Waals surface area contributed by atoms with E-state index in [0.29, 0.717) is 112 Å². The zero-order valence-electron chi connectivity index (χ0n) is 81.5. The molecule has 7 saturated heterocycles. The van der Waals surface area contributed by atoms with Gasteiger partial charge < -0.3 is 67.3 Å². The van der Waals surface area contributed by atoms with E-state index in [1.54, 1.807) is 56.2 Å². The lowest BCUT2D eigenvalue weighted by atomic mass is 9.78. The predicted molar refractivity (Wildman–Crippen MR) is 530 cm³/mol. The van der Waals surface area contributed by atoms with Crippen molar-refractivity contribution >= 4 is 130 Å². The van der Waals surface area contributed by atoms with E-state index in [9.17, 15) is 93.5 Å². The lowest BCUT2D eigenvalue weighted by molar-refractivity contribution is -0.138. The fourth-order valence-electron chi connectivity index (χ4n) is 19.2. The molecule has 4 aromatic carbocycles. The molecule has 13 aliphatic heterocycles. The van der Waals surface area contributed by atoms with Crippen molar-refractivity contribution in [3.8, 4) is 0 Å². The van der Waals surface area contributed by atoms with Crippen molar-refractivity contribution in [2.24, 2.45) is 23.7 Å². The molecule has 10 unspecified atom stereocenters. The molecular weight excluding hydrogens is 1900 g/mol. The topological polar surface area (TPSA) is 428 Å². The molecule has 13 aliphatic rings. The van der Waals surface area contributed by atoms with Gasteiger partial charge in [0.05, 0.1) is 11.2 Å². The summed E-state index contributed by atoms with van der Waals surface area (Å²) in [4.78, 5) is 193. The Hall–Kier alpha value is -11.6. The number of carbonyl (C=O) groups excluding carboxylic acids is 15. The number of nitrogens with zero attached hydrogens (tertiary/aromatic N) is 7. The Morgan fingerprint density at radius 2 is 0.790 bits per heavy atom. The molecule has 10 atom stereocenters. The summed E-state index contributed by atoms with van der Waals surface area (Å²) in [5.74, 6) is -2.66. The highest BCUT2D eigenvalue weighted by atomic mass is 35.5. The molecule has 13 heterocycles. The second kappa shape index (κ2) is 45.8. The molecule has 784 valence electrons. The Kier molecular flexibility index (Phi) is 37.3. The van der Waals surface area contributed by atoms with Crippen LogP contribution in [0.5, 0.6) is 0 Å². The van der Waals surface area contributed by atoms with Gasteiger partial charge in [-0.3, -0.25) is 78.8 Å². The zero-order chi connectivity index (χ0) is 101. The summed E-state index contributed by atoms with van der Waals surface area (Å²) in [6, 6.07) is 20.9. The average Bonchev–Trinajstić information content (AvgIpc) is 1.65. The van der Waals surface area contributed by atoms with Crippen molar-refractivity contribution in [2.45, 2.75) is 307 Å². The first-order valence-electron chi connectivity index (χ1n) is 46.9. The highest BCUT2D eigenvalue weighted by molar-refractivity contribution is 7.87. The highest BCUT2D eigenvalue weighted by Gasteiger charge is 2.54. The number of fused-ring (bicyclic) bond motifs is 4. The molecule has 0 spiro atoms. The van der Waals surface area contributed by atoms with Crippen LogP contribution in [0.3, 0.4) is 0 Å². The van der Waals surface area contributed by atoms with Gasteiger partial charge >= 0.3 is 41.0 Å². The third kappa shape index (κ3) is 27.0. The van der Waals surface area contributed by atoms with Gasteiger partial charge in [-0.1, -0.05) is 106 Å². The van der Waals surface area contributed by atoms with E-state index in [0.717, 1.165) is 76.4 Å². The van der Waals surface area contributed by atoms with Gasteiger partial charge in [0.2, 0.25) is 47.3 Å². The number of imide groups is 4. The number of hydrogen-bond donors (Lipinski definition) is 5. The van der Waals surface area contributed by atoms with E-state index >= 15 is 0 Å². The molecule has 0 aromatic heterocycles. The molecule has 0 radical (unpaired) electrons. The molecule has 143 heavy (non-hydrogen) atoms. The minimum atomic E-state index is -5.70. The number of piperidine rings is 6. The van der Waals surface area contributed by atoms with Crippen LogP contribution in [0, 0.1) is 23.7 Å². The summed E-state index contributed by atoms with van der Waals surface area (Å²) in [7, 11) is -6.20. The summed E-state index contributed by atoms with van der Waals surface area (Å²) >= 11 is 0. The largest absolute Gasteiger partial charge is 0.534 e. The van der Waals surface area contributed by atoms with Crippen LogP contribution < -0.4 is 32.0 Å². The van der Waals surface area contributed by atoms with E-state index < -0.39 is 105 Å². The van der Waals surface area contributed by atoms with Crippen LogP contribution in [0.15, 0.2) is 90.7 Å². The van der Waals surface area contributed by atoms with Crippen molar-refractivity contribution in [3.63, 3.8) is 0 Å². The number of nitrogens with one attached hydrogen (secondary N) is 5. The van der Waals surface area contributed by atoms with Gasteiger partial charge in [0.15, 0.2) is 0 Å². The SMILES string of the molecule is C.C.C.C.CC1(C)OB(c2ccc3c(c2)CN(C2CCC(=O)NC2=O)C3=O)OC1(C)C.CC1CN(C(=O)OC(C)(C)C)CC=C1OS(=O)(=O)C(F)(F)F.CC1CN(C(=O)OC(C)(C)C)CC=C1c1ccc2c(c1)CN(C1CCC(=O)NC1=O)C2=O.CC1CN(C(=O)OC(C)(C)C)CCC1c1ccc2c(c1)CN(C1CCC(=O)NC1=O)C2=O.CC1CNCCC1c1ccc2c(c1)CN(C1CCC(=O)NC1=O)C2=O.Cl. The second-order valence-corrected chi connectivity index (χ2v) is 43.0. The molecule has 15 amide bonds. The van der Waals surface area contributed by atoms with Crippen molar-refractivity contribution in [2.75, 3.05) is 52.4 Å². The summed E-state index contributed by atoms with van der Waals surface area (Å²) in [6.45, 7) is 37.8. The number of ether oxygens (including phenoxy) is 3. The average molecular weight is 2040 g/mol. The first-order chi connectivity index (χ1) is 64.4. The fourth-order valence-corrected chi connectivity index (χ4v) is 19.8. The van der Waals surface area contributed by atoms with E-state index in [2.05, 4.69) is 69.7 Å². The quantitative estimate of drug-likeness (QED) is 0.0324. The van der Waals surface area contributed by atoms with Gasteiger partial charge in [0.25, 0.3) is 23.6 Å². The molecule has 4 aromatic rings. The lowest BCUT2D eigenvalue weighted by Crippen LogP contribution is -2.52. The van der Waals surface area contributed by atoms with E-state index in [4.69, 9.17) is 23.5 Å². The highest BCUT2D eigenvalue weighted by Crippen LogP contribution is 2.43. The van der Waals surface area contributed by atoms with Crippen molar-refractivity contribution in [1.29, 1.82) is 0 Å². The van der Waals surface area contributed by atoms with Crippen LogP contribution in [-0.4, -0.2) is 249 Å². The summed E-state index contributed by atoms with van der Waals surface area (Å²) in [5, 5.41) is 12.7. The monoisotopic (exact) mass is 2040 g/mol.